The van der Waals surface area contributed by atoms with Crippen molar-refractivity contribution in [2.45, 2.75) is 13.8 Å². The van der Waals surface area contributed by atoms with Crippen LogP contribution in [0.25, 0.3) is 28.0 Å². The number of phenols is 2. The molecule has 0 fully saturated rings. The summed E-state index contributed by atoms with van der Waals surface area (Å²) in [4.78, 5) is 12.0. The molecule has 0 aliphatic carbocycles. The molecular weight excluding hydrogens is 328 g/mol. The van der Waals surface area contributed by atoms with E-state index in [-0.39, 0.29) is 17.5 Å². The van der Waals surface area contributed by atoms with Crippen molar-refractivity contribution < 1.29 is 19.7 Å². The summed E-state index contributed by atoms with van der Waals surface area (Å²) in [6, 6.07) is 15.9. The average molecular weight is 348 g/mol. The van der Waals surface area contributed by atoms with Gasteiger partial charge in [0.1, 0.15) is 11.5 Å². The van der Waals surface area contributed by atoms with Crippen LogP contribution in [0, 0.1) is 0 Å². The second-order valence-electron chi connectivity index (χ2n) is 6.03. The van der Waals surface area contributed by atoms with Crippen molar-refractivity contribution in [1.29, 1.82) is 0 Å². The van der Waals surface area contributed by atoms with Crippen LogP contribution in [-0.4, -0.2) is 22.8 Å². The topological polar surface area (TPSA) is 66.8 Å². The Bertz CT molecular complexity index is 985. The van der Waals surface area contributed by atoms with Gasteiger partial charge in [-0.2, -0.15) is 0 Å². The van der Waals surface area contributed by atoms with Crippen LogP contribution in [0.15, 0.2) is 60.2 Å². The summed E-state index contributed by atoms with van der Waals surface area (Å²) < 4.78 is 5.07. The van der Waals surface area contributed by atoms with E-state index in [9.17, 15) is 15.0 Å². The number of phenolic OH excluding ortho intramolecular Hbond substituents is 2. The number of aromatic hydroxyl groups is 2. The van der Waals surface area contributed by atoms with Gasteiger partial charge < -0.3 is 14.9 Å². The molecule has 4 nitrogen and oxygen atoms in total. The number of fused-ring (bicyclic) bond motifs is 1. The molecule has 0 aliphatic rings. The van der Waals surface area contributed by atoms with E-state index in [4.69, 9.17) is 4.74 Å². The van der Waals surface area contributed by atoms with Crippen LogP contribution in [0.2, 0.25) is 0 Å². The summed E-state index contributed by atoms with van der Waals surface area (Å²) in [6.45, 7) is 3.82. The first-order valence-electron chi connectivity index (χ1n) is 8.40. The highest BCUT2D eigenvalue weighted by atomic mass is 16.5. The number of carbonyl (C=O) groups is 1. The molecule has 3 aromatic carbocycles. The molecule has 3 aromatic rings. The van der Waals surface area contributed by atoms with E-state index in [0.29, 0.717) is 12.2 Å². The predicted molar refractivity (Wildman–Crippen MR) is 103 cm³/mol. The molecule has 3 rings (SSSR count). The van der Waals surface area contributed by atoms with Crippen LogP contribution in [0.3, 0.4) is 0 Å². The SMILES string of the molecule is CCOC(=O)/C(C)=C/c1ccc2cc(O)ccc2c1-c1ccc(O)cc1. The average Bonchev–Trinajstić information content (AvgIpc) is 2.62. The second kappa shape index (κ2) is 7.31. The normalized spacial score (nSPS) is 11.5. The number of benzene rings is 3. The number of ether oxygens (including phenoxy) is 1. The maximum absolute atomic E-state index is 12.0. The molecule has 0 atom stereocenters. The molecule has 132 valence electrons. The van der Waals surface area contributed by atoms with E-state index in [2.05, 4.69) is 0 Å². The monoisotopic (exact) mass is 348 g/mol. The van der Waals surface area contributed by atoms with Gasteiger partial charge in [-0.15, -0.1) is 0 Å². The van der Waals surface area contributed by atoms with Crippen LogP contribution in [0.4, 0.5) is 0 Å². The van der Waals surface area contributed by atoms with Gasteiger partial charge >= 0.3 is 5.97 Å². The van der Waals surface area contributed by atoms with Gasteiger partial charge in [0.2, 0.25) is 0 Å². The molecule has 2 N–H and O–H groups in total. The molecule has 0 saturated carbocycles. The number of carbonyl (C=O) groups excluding carboxylic acids is 1. The summed E-state index contributed by atoms with van der Waals surface area (Å²) in [5, 5.41) is 21.2. The Morgan fingerprint density at radius 3 is 2.38 bits per heavy atom. The number of rotatable bonds is 4. The van der Waals surface area contributed by atoms with Crippen molar-refractivity contribution in [3.8, 4) is 22.6 Å². The quantitative estimate of drug-likeness (QED) is 0.521. The van der Waals surface area contributed by atoms with Crippen molar-refractivity contribution in [3.63, 3.8) is 0 Å². The molecule has 4 heteroatoms. The molecule has 0 saturated heterocycles. The van der Waals surface area contributed by atoms with Gasteiger partial charge in [-0.05, 0) is 71.7 Å². The van der Waals surface area contributed by atoms with Crippen molar-refractivity contribution >= 4 is 22.8 Å². The summed E-state index contributed by atoms with van der Waals surface area (Å²) in [5.74, 6) is 0.0292. The zero-order chi connectivity index (χ0) is 18.7. The predicted octanol–water partition coefficient (Wildman–Crippen LogP) is 4.88. The standard InChI is InChI=1S/C22H20O4/c1-3-26-22(25)14(2)12-17-5-4-16-13-19(24)10-11-20(16)21(17)15-6-8-18(23)9-7-15/h4-13,23-24H,3H2,1-2H3/b14-12+. The molecule has 0 heterocycles. The van der Waals surface area contributed by atoms with Crippen LogP contribution in [0.5, 0.6) is 11.5 Å². The van der Waals surface area contributed by atoms with Crippen LogP contribution >= 0.6 is 0 Å². The fourth-order valence-corrected chi connectivity index (χ4v) is 2.94. The minimum Gasteiger partial charge on any atom is -0.508 e. The minimum absolute atomic E-state index is 0.187. The highest BCUT2D eigenvalue weighted by molar-refractivity contribution is 6.03. The molecule has 0 aliphatic heterocycles. The molecule has 0 spiro atoms. The molecule has 0 bridgehead atoms. The van der Waals surface area contributed by atoms with Crippen molar-refractivity contribution in [2.24, 2.45) is 0 Å². The van der Waals surface area contributed by atoms with Gasteiger partial charge in [-0.1, -0.05) is 30.3 Å². The van der Waals surface area contributed by atoms with Crippen molar-refractivity contribution in [3.05, 3.63) is 65.7 Å². The summed E-state index contributed by atoms with van der Waals surface area (Å²) in [7, 11) is 0. The third-order valence-electron chi connectivity index (χ3n) is 4.16. The first kappa shape index (κ1) is 17.5. The maximum atomic E-state index is 12.0. The molecule has 0 unspecified atom stereocenters. The Balaban J connectivity index is 2.24. The maximum Gasteiger partial charge on any atom is 0.333 e. The Morgan fingerprint density at radius 2 is 1.69 bits per heavy atom. The third kappa shape index (κ3) is 3.54. The molecule has 26 heavy (non-hydrogen) atoms. The first-order chi connectivity index (χ1) is 12.5. The largest absolute Gasteiger partial charge is 0.508 e. The second-order valence-corrected chi connectivity index (χ2v) is 6.03. The Hall–Kier alpha value is -3.27. The Kier molecular flexibility index (Phi) is 4.94. The van der Waals surface area contributed by atoms with E-state index in [1.807, 2.05) is 30.3 Å². The summed E-state index contributed by atoms with van der Waals surface area (Å²) >= 11 is 0. The fraction of sp³-hybridized carbons (Fsp3) is 0.136. The zero-order valence-corrected chi connectivity index (χ0v) is 14.7. The van der Waals surface area contributed by atoms with E-state index >= 15 is 0 Å². The highest BCUT2D eigenvalue weighted by Gasteiger charge is 2.12. The van der Waals surface area contributed by atoms with E-state index in [1.165, 1.54) is 0 Å². The van der Waals surface area contributed by atoms with E-state index < -0.39 is 0 Å². The van der Waals surface area contributed by atoms with E-state index in [0.717, 1.165) is 27.5 Å². The van der Waals surface area contributed by atoms with Gasteiger partial charge in [0.05, 0.1) is 6.61 Å². The van der Waals surface area contributed by atoms with E-state index in [1.54, 1.807) is 44.2 Å². The van der Waals surface area contributed by atoms with Gasteiger partial charge in [0.15, 0.2) is 0 Å². The minimum atomic E-state index is -0.352. The highest BCUT2D eigenvalue weighted by Crippen LogP contribution is 2.35. The van der Waals surface area contributed by atoms with Crippen LogP contribution < -0.4 is 0 Å². The molecule has 0 amide bonds. The first-order valence-corrected chi connectivity index (χ1v) is 8.40. The summed E-state index contributed by atoms with van der Waals surface area (Å²) in [5.41, 5.74) is 3.19. The number of hydrogen-bond acceptors (Lipinski definition) is 4. The van der Waals surface area contributed by atoms with Gasteiger partial charge in [0.25, 0.3) is 0 Å². The Labute approximate surface area is 152 Å². The zero-order valence-electron chi connectivity index (χ0n) is 14.7. The van der Waals surface area contributed by atoms with Gasteiger partial charge in [0, 0.05) is 5.57 Å². The number of esters is 1. The third-order valence-corrected chi connectivity index (χ3v) is 4.16. The van der Waals surface area contributed by atoms with Crippen molar-refractivity contribution in [1.82, 2.24) is 0 Å². The summed E-state index contributed by atoms with van der Waals surface area (Å²) in [6.07, 6.45) is 1.80. The lowest BCUT2D eigenvalue weighted by Gasteiger charge is -2.13. The molecular formula is C22H20O4. The van der Waals surface area contributed by atoms with Gasteiger partial charge in [-0.25, -0.2) is 4.79 Å². The fourth-order valence-electron chi connectivity index (χ4n) is 2.94. The van der Waals surface area contributed by atoms with Crippen molar-refractivity contribution in [2.75, 3.05) is 6.61 Å². The molecule has 0 radical (unpaired) electrons. The molecule has 0 aromatic heterocycles. The lowest BCUT2D eigenvalue weighted by molar-refractivity contribution is -0.138. The lowest BCUT2D eigenvalue weighted by Crippen LogP contribution is -2.05. The smallest absolute Gasteiger partial charge is 0.333 e. The van der Waals surface area contributed by atoms with Crippen LogP contribution in [0.1, 0.15) is 19.4 Å². The van der Waals surface area contributed by atoms with Gasteiger partial charge in [-0.3, -0.25) is 0 Å². The van der Waals surface area contributed by atoms with Crippen LogP contribution in [-0.2, 0) is 9.53 Å². The Morgan fingerprint density at radius 1 is 1.00 bits per heavy atom. The lowest BCUT2D eigenvalue weighted by atomic mass is 9.92. The number of hydrogen-bond donors (Lipinski definition) is 2.